The number of carboxylic acids is 1. The average Bonchev–Trinajstić information content (AvgIpc) is 2.39. The highest BCUT2D eigenvalue weighted by molar-refractivity contribution is 6.31. The Kier molecular flexibility index (Phi) is 4.25. The van der Waals surface area contributed by atoms with Gasteiger partial charge in [-0.05, 0) is 42.8 Å². The van der Waals surface area contributed by atoms with Crippen molar-refractivity contribution in [2.24, 2.45) is 0 Å². The summed E-state index contributed by atoms with van der Waals surface area (Å²) in [4.78, 5) is 11.2. The van der Waals surface area contributed by atoms with Gasteiger partial charge in [-0.3, -0.25) is 0 Å². The number of hydrogen-bond acceptors (Lipinski definition) is 2. The van der Waals surface area contributed by atoms with Crippen molar-refractivity contribution in [3.63, 3.8) is 0 Å². The van der Waals surface area contributed by atoms with Crippen LogP contribution in [-0.4, -0.2) is 11.1 Å². The maximum absolute atomic E-state index is 12.9. The number of carbonyl (C=O) groups is 1. The third-order valence-corrected chi connectivity index (χ3v) is 3.19. The van der Waals surface area contributed by atoms with Crippen LogP contribution in [0.3, 0.4) is 0 Å². The summed E-state index contributed by atoms with van der Waals surface area (Å²) in [6, 6.07) is 10.4. The minimum atomic E-state index is -1.03. The molecule has 0 saturated carbocycles. The molecule has 0 aliphatic rings. The number of rotatable bonds is 4. The predicted octanol–water partition coefficient (Wildman–Crippen LogP) is 4.35. The molecule has 1 unspecified atom stereocenters. The quantitative estimate of drug-likeness (QED) is 0.881. The molecule has 0 heterocycles. The second-order valence-electron chi connectivity index (χ2n) is 4.41. The molecule has 3 nitrogen and oxygen atoms in total. The summed E-state index contributed by atoms with van der Waals surface area (Å²) < 4.78 is 12.9. The molecule has 2 aromatic rings. The predicted molar refractivity (Wildman–Crippen MR) is 76.8 cm³/mol. The second-order valence-corrected chi connectivity index (χ2v) is 4.85. The highest BCUT2D eigenvalue weighted by atomic mass is 35.5. The monoisotopic (exact) mass is 293 g/mol. The zero-order chi connectivity index (χ0) is 14.7. The van der Waals surface area contributed by atoms with Crippen LogP contribution in [-0.2, 0) is 0 Å². The van der Waals surface area contributed by atoms with E-state index in [0.29, 0.717) is 10.7 Å². The molecular weight excluding hydrogens is 281 g/mol. The van der Waals surface area contributed by atoms with E-state index in [4.69, 9.17) is 16.7 Å². The fraction of sp³-hybridized carbons (Fsp3) is 0.133. The van der Waals surface area contributed by atoms with Crippen molar-refractivity contribution < 1.29 is 14.3 Å². The summed E-state index contributed by atoms with van der Waals surface area (Å²) >= 11 is 5.89. The molecule has 1 atom stereocenters. The smallest absolute Gasteiger partial charge is 0.337 e. The molecule has 0 radical (unpaired) electrons. The summed E-state index contributed by atoms with van der Waals surface area (Å²) in [7, 11) is 0. The van der Waals surface area contributed by atoms with Crippen LogP contribution in [0.25, 0.3) is 0 Å². The second kappa shape index (κ2) is 5.92. The van der Waals surface area contributed by atoms with Gasteiger partial charge in [0.05, 0.1) is 11.3 Å². The molecule has 0 aromatic heterocycles. The molecule has 0 aliphatic carbocycles. The van der Waals surface area contributed by atoms with E-state index in [1.165, 1.54) is 24.3 Å². The lowest BCUT2D eigenvalue weighted by atomic mass is 10.1. The maximum Gasteiger partial charge on any atom is 0.337 e. The number of benzene rings is 2. The van der Waals surface area contributed by atoms with Gasteiger partial charge in [-0.2, -0.15) is 0 Å². The zero-order valence-electron chi connectivity index (χ0n) is 10.7. The number of halogens is 2. The number of aromatic carboxylic acids is 1. The van der Waals surface area contributed by atoms with Crippen molar-refractivity contribution in [1.29, 1.82) is 0 Å². The Morgan fingerprint density at radius 1 is 1.25 bits per heavy atom. The summed E-state index contributed by atoms with van der Waals surface area (Å²) in [6.07, 6.45) is 0. The van der Waals surface area contributed by atoms with Gasteiger partial charge in [0.1, 0.15) is 5.82 Å². The lowest BCUT2D eigenvalue weighted by molar-refractivity contribution is 0.0698. The fourth-order valence-corrected chi connectivity index (χ4v) is 2.06. The first-order valence-corrected chi connectivity index (χ1v) is 6.40. The van der Waals surface area contributed by atoms with Gasteiger partial charge in [-0.1, -0.05) is 23.7 Å². The van der Waals surface area contributed by atoms with Gasteiger partial charge in [0.2, 0.25) is 0 Å². The normalized spacial score (nSPS) is 11.9. The van der Waals surface area contributed by atoms with E-state index in [-0.39, 0.29) is 17.4 Å². The largest absolute Gasteiger partial charge is 0.478 e. The molecule has 0 saturated heterocycles. The molecule has 0 amide bonds. The Morgan fingerprint density at radius 2 is 1.90 bits per heavy atom. The van der Waals surface area contributed by atoms with Crippen molar-refractivity contribution in [1.82, 2.24) is 0 Å². The highest BCUT2D eigenvalue weighted by Gasteiger charge is 2.13. The molecule has 20 heavy (non-hydrogen) atoms. The van der Waals surface area contributed by atoms with E-state index in [9.17, 15) is 9.18 Å². The molecule has 2 N–H and O–H groups in total. The first kappa shape index (κ1) is 14.3. The Hall–Kier alpha value is -2.07. The number of hydrogen-bond donors (Lipinski definition) is 2. The third kappa shape index (κ3) is 3.27. The third-order valence-electron chi connectivity index (χ3n) is 2.95. The maximum atomic E-state index is 12.9. The Bertz CT molecular complexity index is 628. The summed E-state index contributed by atoms with van der Waals surface area (Å²) in [6.45, 7) is 1.86. The van der Waals surface area contributed by atoms with E-state index < -0.39 is 5.97 Å². The molecule has 104 valence electrons. The fourth-order valence-electron chi connectivity index (χ4n) is 1.89. The molecule has 0 bridgehead atoms. The molecule has 2 rings (SSSR count). The lowest BCUT2D eigenvalue weighted by Gasteiger charge is -2.17. The zero-order valence-corrected chi connectivity index (χ0v) is 11.5. The van der Waals surface area contributed by atoms with Gasteiger partial charge in [0, 0.05) is 11.1 Å². The van der Waals surface area contributed by atoms with Crippen molar-refractivity contribution in [3.8, 4) is 0 Å². The van der Waals surface area contributed by atoms with Crippen LogP contribution in [0, 0.1) is 5.82 Å². The summed E-state index contributed by atoms with van der Waals surface area (Å²) in [5, 5.41) is 12.7. The van der Waals surface area contributed by atoms with Crippen LogP contribution >= 0.6 is 11.6 Å². The summed E-state index contributed by atoms with van der Waals surface area (Å²) in [5.41, 5.74) is 1.42. The van der Waals surface area contributed by atoms with Crippen LogP contribution in [0.4, 0.5) is 10.1 Å². The molecule has 0 spiro atoms. The van der Waals surface area contributed by atoms with E-state index in [1.807, 2.05) is 6.92 Å². The first-order valence-electron chi connectivity index (χ1n) is 6.02. The van der Waals surface area contributed by atoms with Gasteiger partial charge < -0.3 is 10.4 Å². The van der Waals surface area contributed by atoms with E-state index >= 15 is 0 Å². The molecule has 2 aromatic carbocycles. The van der Waals surface area contributed by atoms with E-state index in [1.54, 1.807) is 18.2 Å². The van der Waals surface area contributed by atoms with Gasteiger partial charge in [-0.15, -0.1) is 0 Å². The number of nitrogens with one attached hydrogen (secondary N) is 1. The standard InChI is InChI=1S/C15H13ClFNO2/c1-9(10-2-5-12(17)6-3-10)18-14-8-11(16)4-7-13(14)15(19)20/h2-9,18H,1H3,(H,19,20). The minimum absolute atomic E-state index is 0.142. The average molecular weight is 294 g/mol. The number of carboxylic acid groups (broad SMARTS) is 1. The lowest BCUT2D eigenvalue weighted by Crippen LogP contribution is -2.10. The van der Waals surface area contributed by atoms with Crippen molar-refractivity contribution >= 4 is 23.3 Å². The molecular formula is C15H13ClFNO2. The topological polar surface area (TPSA) is 49.3 Å². The van der Waals surface area contributed by atoms with E-state index in [0.717, 1.165) is 5.56 Å². The SMILES string of the molecule is CC(Nc1cc(Cl)ccc1C(=O)O)c1ccc(F)cc1. The van der Waals surface area contributed by atoms with Crippen LogP contribution in [0.15, 0.2) is 42.5 Å². The molecule has 5 heteroatoms. The van der Waals surface area contributed by atoms with Crippen molar-refractivity contribution in [3.05, 3.63) is 64.4 Å². The van der Waals surface area contributed by atoms with Gasteiger partial charge in [-0.25, -0.2) is 9.18 Å². The van der Waals surface area contributed by atoms with E-state index in [2.05, 4.69) is 5.32 Å². The molecule has 0 fully saturated rings. The van der Waals surface area contributed by atoms with Gasteiger partial charge in [0.15, 0.2) is 0 Å². The van der Waals surface area contributed by atoms with Gasteiger partial charge in [0.25, 0.3) is 0 Å². The Morgan fingerprint density at radius 3 is 2.50 bits per heavy atom. The van der Waals surface area contributed by atoms with Crippen LogP contribution in [0.1, 0.15) is 28.9 Å². The Labute approximate surface area is 121 Å². The van der Waals surface area contributed by atoms with Crippen LogP contribution < -0.4 is 5.32 Å². The molecule has 0 aliphatic heterocycles. The van der Waals surface area contributed by atoms with Crippen LogP contribution in [0.5, 0.6) is 0 Å². The number of anilines is 1. The van der Waals surface area contributed by atoms with Gasteiger partial charge >= 0.3 is 5.97 Å². The van der Waals surface area contributed by atoms with Crippen LogP contribution in [0.2, 0.25) is 5.02 Å². The van der Waals surface area contributed by atoms with Crippen molar-refractivity contribution in [2.45, 2.75) is 13.0 Å². The highest BCUT2D eigenvalue weighted by Crippen LogP contribution is 2.26. The summed E-state index contributed by atoms with van der Waals surface area (Å²) in [5.74, 6) is -1.34. The first-order chi connectivity index (χ1) is 9.47. The minimum Gasteiger partial charge on any atom is -0.478 e. The van der Waals surface area contributed by atoms with Crippen molar-refractivity contribution in [2.75, 3.05) is 5.32 Å². The Balaban J connectivity index is 2.27.